The van der Waals surface area contributed by atoms with Gasteiger partial charge in [-0.1, -0.05) is 12.2 Å². The summed E-state index contributed by atoms with van der Waals surface area (Å²) >= 11 is 4.76. The first-order chi connectivity index (χ1) is 5.40. The van der Waals surface area contributed by atoms with E-state index in [1.807, 2.05) is 25.8 Å². The zero-order valence-electron chi connectivity index (χ0n) is 8.00. The average Bonchev–Trinajstić information content (AvgIpc) is 2.00. The van der Waals surface area contributed by atoms with Crippen molar-refractivity contribution in [2.24, 2.45) is 5.73 Å². The normalized spacial score (nSPS) is 12.1. The number of nitrogens with zero attached hydrogens (tertiary/aromatic N) is 1. The Morgan fingerprint density at radius 3 is 2.42 bits per heavy atom. The van der Waals surface area contributed by atoms with Crippen LogP contribution in [0.1, 0.15) is 20.3 Å². The maximum atomic E-state index is 9.02. The van der Waals surface area contributed by atoms with Gasteiger partial charge < -0.3 is 10.8 Å². The van der Waals surface area contributed by atoms with E-state index in [0.29, 0.717) is 11.4 Å². The van der Waals surface area contributed by atoms with Crippen molar-refractivity contribution < 1.29 is 5.11 Å². The van der Waals surface area contributed by atoms with E-state index in [9.17, 15) is 0 Å². The summed E-state index contributed by atoms with van der Waals surface area (Å²) < 4.78 is 0. The van der Waals surface area contributed by atoms with Crippen LogP contribution in [0.25, 0.3) is 0 Å². The number of hydrogen-bond donors (Lipinski definition) is 2. The molecule has 72 valence electrons. The summed E-state index contributed by atoms with van der Waals surface area (Å²) in [4.78, 5) is 2.57. The van der Waals surface area contributed by atoms with Gasteiger partial charge in [-0.3, -0.25) is 4.90 Å². The van der Waals surface area contributed by atoms with E-state index >= 15 is 0 Å². The average molecular weight is 190 g/mol. The van der Waals surface area contributed by atoms with Crippen molar-refractivity contribution in [1.82, 2.24) is 4.90 Å². The van der Waals surface area contributed by atoms with Gasteiger partial charge in [0.2, 0.25) is 0 Å². The molecule has 3 nitrogen and oxygen atoms in total. The Kier molecular flexibility index (Phi) is 4.67. The number of thiocarbonyl (C=S) groups is 1. The molecule has 0 fully saturated rings. The molecule has 0 rings (SSSR count). The van der Waals surface area contributed by atoms with Gasteiger partial charge in [0.15, 0.2) is 0 Å². The van der Waals surface area contributed by atoms with Crippen LogP contribution in [-0.4, -0.2) is 40.7 Å². The van der Waals surface area contributed by atoms with Gasteiger partial charge in [0.1, 0.15) is 0 Å². The highest BCUT2D eigenvalue weighted by molar-refractivity contribution is 7.80. The van der Waals surface area contributed by atoms with Crippen LogP contribution >= 0.6 is 12.2 Å². The molecule has 0 aliphatic heterocycles. The standard InChI is InChI=1S/C8H18N2OS/c1-8(2,6-11)10(3)5-4-7(9)12/h11H,4-6H2,1-3H3,(H2,9,12). The summed E-state index contributed by atoms with van der Waals surface area (Å²) in [5, 5.41) is 9.02. The Bertz CT molecular complexity index is 159. The van der Waals surface area contributed by atoms with E-state index in [0.717, 1.165) is 6.54 Å². The molecule has 0 aliphatic rings. The lowest BCUT2D eigenvalue weighted by atomic mass is 10.1. The summed E-state index contributed by atoms with van der Waals surface area (Å²) in [6.07, 6.45) is 0.704. The van der Waals surface area contributed by atoms with E-state index in [-0.39, 0.29) is 12.1 Å². The molecule has 0 aliphatic carbocycles. The predicted molar refractivity (Wildman–Crippen MR) is 55.2 cm³/mol. The molecule has 0 atom stereocenters. The lowest BCUT2D eigenvalue weighted by Gasteiger charge is -2.33. The van der Waals surface area contributed by atoms with Gasteiger partial charge in [0.05, 0.1) is 11.6 Å². The van der Waals surface area contributed by atoms with Crippen molar-refractivity contribution in [1.29, 1.82) is 0 Å². The Labute approximate surface area is 79.5 Å². The van der Waals surface area contributed by atoms with Crippen molar-refractivity contribution in [2.75, 3.05) is 20.2 Å². The lowest BCUT2D eigenvalue weighted by Crippen LogP contribution is -2.45. The minimum Gasteiger partial charge on any atom is -0.394 e. The molecule has 0 bridgehead atoms. The van der Waals surface area contributed by atoms with Crippen molar-refractivity contribution in [3.63, 3.8) is 0 Å². The highest BCUT2D eigenvalue weighted by Crippen LogP contribution is 2.10. The molecule has 0 aromatic rings. The van der Waals surface area contributed by atoms with E-state index in [1.165, 1.54) is 0 Å². The van der Waals surface area contributed by atoms with Gasteiger partial charge in [-0.25, -0.2) is 0 Å². The number of rotatable bonds is 5. The quantitative estimate of drug-likeness (QED) is 0.615. The molecule has 0 aromatic carbocycles. The Balaban J connectivity index is 3.86. The molecule has 12 heavy (non-hydrogen) atoms. The van der Waals surface area contributed by atoms with Crippen LogP contribution in [0, 0.1) is 0 Å². The van der Waals surface area contributed by atoms with E-state index in [1.54, 1.807) is 0 Å². The zero-order valence-corrected chi connectivity index (χ0v) is 8.82. The van der Waals surface area contributed by atoms with Crippen molar-refractivity contribution in [2.45, 2.75) is 25.8 Å². The van der Waals surface area contributed by atoms with Gasteiger partial charge >= 0.3 is 0 Å². The molecular formula is C8H18N2OS. The molecule has 0 unspecified atom stereocenters. The maximum Gasteiger partial charge on any atom is 0.0740 e. The van der Waals surface area contributed by atoms with Gasteiger partial charge in [-0.2, -0.15) is 0 Å². The van der Waals surface area contributed by atoms with Crippen molar-refractivity contribution in [3.8, 4) is 0 Å². The first-order valence-corrected chi connectivity index (χ1v) is 4.41. The van der Waals surface area contributed by atoms with Crippen LogP contribution in [0.5, 0.6) is 0 Å². The molecule has 4 heteroatoms. The van der Waals surface area contributed by atoms with Gasteiger partial charge in [0, 0.05) is 18.5 Å². The second-order valence-electron chi connectivity index (χ2n) is 3.61. The second kappa shape index (κ2) is 4.74. The summed E-state index contributed by atoms with van der Waals surface area (Å²) in [5.74, 6) is 0. The minimum absolute atomic E-state index is 0.140. The molecule has 0 spiro atoms. The van der Waals surface area contributed by atoms with E-state index < -0.39 is 0 Å². The third-order valence-corrected chi connectivity index (χ3v) is 2.32. The summed E-state index contributed by atoms with van der Waals surface area (Å²) in [6.45, 7) is 4.89. The van der Waals surface area contributed by atoms with Crippen LogP contribution in [0.2, 0.25) is 0 Å². The predicted octanol–water partition coefficient (Wildman–Crippen LogP) is 0.365. The largest absolute Gasteiger partial charge is 0.394 e. The Hall–Kier alpha value is -0.190. The first kappa shape index (κ1) is 11.8. The topological polar surface area (TPSA) is 49.5 Å². The zero-order chi connectivity index (χ0) is 9.78. The SMILES string of the molecule is CN(CCC(N)=S)C(C)(C)CO. The Morgan fingerprint density at radius 2 is 2.08 bits per heavy atom. The third-order valence-electron chi connectivity index (χ3n) is 2.11. The molecule has 0 aromatic heterocycles. The summed E-state index contributed by atoms with van der Waals surface area (Å²) in [5.41, 5.74) is 5.18. The van der Waals surface area contributed by atoms with Crippen LogP contribution < -0.4 is 5.73 Å². The fraction of sp³-hybridized carbons (Fsp3) is 0.875. The van der Waals surface area contributed by atoms with Gasteiger partial charge in [-0.05, 0) is 20.9 Å². The highest BCUT2D eigenvalue weighted by Gasteiger charge is 2.21. The van der Waals surface area contributed by atoms with Crippen molar-refractivity contribution >= 4 is 17.2 Å². The highest BCUT2D eigenvalue weighted by atomic mass is 32.1. The Morgan fingerprint density at radius 1 is 1.58 bits per heavy atom. The maximum absolute atomic E-state index is 9.02. The van der Waals surface area contributed by atoms with E-state index in [2.05, 4.69) is 0 Å². The number of aliphatic hydroxyl groups excluding tert-OH is 1. The number of nitrogens with two attached hydrogens (primary N) is 1. The van der Waals surface area contributed by atoms with Crippen LogP contribution in [0.3, 0.4) is 0 Å². The fourth-order valence-corrected chi connectivity index (χ4v) is 0.793. The van der Waals surface area contributed by atoms with Crippen molar-refractivity contribution in [3.05, 3.63) is 0 Å². The monoisotopic (exact) mass is 190 g/mol. The van der Waals surface area contributed by atoms with Crippen LogP contribution in [0.15, 0.2) is 0 Å². The lowest BCUT2D eigenvalue weighted by molar-refractivity contribution is 0.0815. The number of likely N-dealkylation sites (N-methyl/N-ethyl adjacent to an activating group) is 1. The van der Waals surface area contributed by atoms with Gasteiger partial charge in [0.25, 0.3) is 0 Å². The molecule has 0 amide bonds. The second-order valence-corrected chi connectivity index (χ2v) is 4.13. The number of aliphatic hydroxyl groups is 1. The summed E-state index contributed by atoms with van der Waals surface area (Å²) in [7, 11) is 1.95. The molecule has 3 N–H and O–H groups in total. The van der Waals surface area contributed by atoms with Gasteiger partial charge in [-0.15, -0.1) is 0 Å². The number of hydrogen-bond acceptors (Lipinski definition) is 3. The molecular weight excluding hydrogens is 172 g/mol. The molecule has 0 saturated carbocycles. The van der Waals surface area contributed by atoms with E-state index in [4.69, 9.17) is 23.1 Å². The summed E-state index contributed by atoms with van der Waals surface area (Å²) in [6, 6.07) is 0. The molecule has 0 saturated heterocycles. The fourth-order valence-electron chi connectivity index (χ4n) is 0.701. The molecule has 0 heterocycles. The van der Waals surface area contributed by atoms with Crippen LogP contribution in [0.4, 0.5) is 0 Å². The molecule has 0 radical (unpaired) electrons. The smallest absolute Gasteiger partial charge is 0.0740 e. The minimum atomic E-state index is -0.190. The third kappa shape index (κ3) is 3.99. The first-order valence-electron chi connectivity index (χ1n) is 4.00. The van der Waals surface area contributed by atoms with Crippen LogP contribution in [-0.2, 0) is 0 Å².